The van der Waals surface area contributed by atoms with Gasteiger partial charge in [-0.25, -0.2) is 4.39 Å². The molecule has 0 aliphatic carbocycles. The molecule has 0 saturated heterocycles. The summed E-state index contributed by atoms with van der Waals surface area (Å²) in [5.74, 6) is -0.337. The summed E-state index contributed by atoms with van der Waals surface area (Å²) < 4.78 is 18.3. The smallest absolute Gasteiger partial charge is 0.218 e. The van der Waals surface area contributed by atoms with E-state index in [1.807, 2.05) is 0 Å². The number of fused-ring (bicyclic) bond motifs is 1. The molecule has 0 bridgehead atoms. The van der Waals surface area contributed by atoms with Crippen LogP contribution >= 0.6 is 31.9 Å². The number of hydrogen-bond donors (Lipinski definition) is 0. The Bertz CT molecular complexity index is 392. The van der Waals surface area contributed by atoms with Crippen LogP contribution in [0.2, 0.25) is 0 Å². The minimum atomic E-state index is -0.684. The van der Waals surface area contributed by atoms with E-state index in [1.54, 1.807) is 0 Å². The Morgan fingerprint density at radius 2 is 2.15 bits per heavy atom. The summed E-state index contributed by atoms with van der Waals surface area (Å²) in [5, 5.41) is -0.684. The van der Waals surface area contributed by atoms with Crippen molar-refractivity contribution in [1.29, 1.82) is 0 Å². The molecule has 0 spiro atoms. The average molecular weight is 310 g/mol. The summed E-state index contributed by atoms with van der Waals surface area (Å²) in [6.45, 7) is 0. The molecule has 0 fully saturated rings. The molecule has 1 aromatic carbocycles. The molecule has 1 aromatic rings. The minimum absolute atomic E-state index is 0.185. The van der Waals surface area contributed by atoms with Gasteiger partial charge in [-0.2, -0.15) is 0 Å². The number of hydrogen-bond acceptors (Lipinski definition) is 2. The van der Waals surface area contributed by atoms with Crippen molar-refractivity contribution in [3.8, 4) is 5.75 Å². The quantitative estimate of drug-likeness (QED) is 0.689. The first kappa shape index (κ1) is 9.15. The van der Waals surface area contributed by atoms with Crippen LogP contribution in [-0.2, 0) is 0 Å². The molecule has 0 aromatic heterocycles. The summed E-state index contributed by atoms with van der Waals surface area (Å²) >= 11 is 6.02. The highest BCUT2D eigenvalue weighted by atomic mass is 79.9. The third-order valence-electron chi connectivity index (χ3n) is 1.72. The van der Waals surface area contributed by atoms with Crippen LogP contribution in [0.15, 0.2) is 16.6 Å². The number of ketones is 1. The van der Waals surface area contributed by atoms with Gasteiger partial charge in [0.25, 0.3) is 0 Å². The lowest BCUT2D eigenvalue weighted by molar-refractivity contribution is 0.0942. The van der Waals surface area contributed by atoms with Crippen molar-refractivity contribution < 1.29 is 13.9 Å². The van der Waals surface area contributed by atoms with Gasteiger partial charge in [-0.1, -0.05) is 0 Å². The zero-order valence-electron chi connectivity index (χ0n) is 6.18. The van der Waals surface area contributed by atoms with Crippen molar-refractivity contribution in [2.24, 2.45) is 0 Å². The molecule has 0 saturated carbocycles. The lowest BCUT2D eigenvalue weighted by Gasteiger charge is -1.99. The van der Waals surface area contributed by atoms with Gasteiger partial charge in [-0.05, 0) is 37.9 Å². The van der Waals surface area contributed by atoms with Crippen molar-refractivity contribution in [2.75, 3.05) is 0 Å². The van der Waals surface area contributed by atoms with E-state index >= 15 is 0 Å². The first-order chi connectivity index (χ1) is 6.09. The second-order valence-electron chi connectivity index (χ2n) is 2.56. The summed E-state index contributed by atoms with van der Waals surface area (Å²) in [6.07, 6.45) is 0. The number of carbonyl (C=O) groups excluding carboxylic acids is 1. The molecule has 1 aliphatic heterocycles. The van der Waals surface area contributed by atoms with Crippen molar-refractivity contribution in [1.82, 2.24) is 0 Å². The molecule has 0 N–H and O–H groups in total. The van der Waals surface area contributed by atoms with Gasteiger partial charge in [-0.3, -0.25) is 4.79 Å². The summed E-state index contributed by atoms with van der Waals surface area (Å²) in [6, 6.07) is 2.62. The molecule has 1 heterocycles. The fraction of sp³-hybridized carbons (Fsp3) is 0.125. The Balaban J connectivity index is 2.59. The maximum absolute atomic E-state index is 13.0. The largest absolute Gasteiger partial charge is 0.470 e. The van der Waals surface area contributed by atoms with Crippen LogP contribution in [0.25, 0.3) is 0 Å². The first-order valence-corrected chi connectivity index (χ1v) is 5.14. The molecule has 1 aliphatic rings. The molecule has 13 heavy (non-hydrogen) atoms. The van der Waals surface area contributed by atoms with Crippen molar-refractivity contribution >= 4 is 37.6 Å². The van der Waals surface area contributed by atoms with Crippen LogP contribution in [0.5, 0.6) is 5.75 Å². The van der Waals surface area contributed by atoms with Gasteiger partial charge in [0.05, 0.1) is 10.0 Å². The van der Waals surface area contributed by atoms with E-state index in [1.165, 1.54) is 12.1 Å². The van der Waals surface area contributed by atoms with Gasteiger partial charge in [0.15, 0.2) is 0 Å². The van der Waals surface area contributed by atoms with Gasteiger partial charge in [-0.15, -0.1) is 0 Å². The Kier molecular flexibility index (Phi) is 2.15. The lowest BCUT2D eigenvalue weighted by atomic mass is 10.1. The van der Waals surface area contributed by atoms with E-state index in [4.69, 9.17) is 4.74 Å². The fourth-order valence-electron chi connectivity index (χ4n) is 1.11. The number of carbonyl (C=O) groups is 1. The number of rotatable bonds is 0. The van der Waals surface area contributed by atoms with E-state index in [0.29, 0.717) is 5.56 Å². The third kappa shape index (κ3) is 1.40. The summed E-state index contributed by atoms with van der Waals surface area (Å²) in [4.78, 5) is 11.3. The number of ether oxygens (including phenoxy) is 1. The Hall–Kier alpha value is -0.420. The topological polar surface area (TPSA) is 26.3 Å². The zero-order valence-corrected chi connectivity index (χ0v) is 9.35. The molecular formula is C8H3Br2FO2. The molecule has 1 unspecified atom stereocenters. The van der Waals surface area contributed by atoms with Crippen LogP contribution in [0.3, 0.4) is 0 Å². The van der Waals surface area contributed by atoms with Gasteiger partial charge in [0.1, 0.15) is 11.6 Å². The highest BCUT2D eigenvalue weighted by molar-refractivity contribution is 9.10. The summed E-state index contributed by atoms with van der Waals surface area (Å²) in [5.41, 5.74) is 0.398. The fourth-order valence-corrected chi connectivity index (χ4v) is 1.90. The molecule has 0 radical (unpaired) electrons. The van der Waals surface area contributed by atoms with E-state index in [0.717, 1.165) is 0 Å². The lowest BCUT2D eigenvalue weighted by Crippen LogP contribution is -2.10. The highest BCUT2D eigenvalue weighted by Gasteiger charge is 2.31. The minimum Gasteiger partial charge on any atom is -0.470 e. The summed E-state index contributed by atoms with van der Waals surface area (Å²) in [7, 11) is 0. The Morgan fingerprint density at radius 3 is 2.85 bits per heavy atom. The Morgan fingerprint density at radius 1 is 1.46 bits per heavy atom. The van der Waals surface area contributed by atoms with Crippen LogP contribution in [0, 0.1) is 5.82 Å². The van der Waals surface area contributed by atoms with Gasteiger partial charge in [0, 0.05) is 6.07 Å². The number of benzene rings is 1. The molecule has 1 atom stereocenters. The van der Waals surface area contributed by atoms with Crippen LogP contribution < -0.4 is 4.74 Å². The predicted molar refractivity (Wildman–Crippen MR) is 51.8 cm³/mol. The van der Waals surface area contributed by atoms with Gasteiger partial charge >= 0.3 is 0 Å². The van der Waals surface area contributed by atoms with E-state index < -0.39 is 10.8 Å². The van der Waals surface area contributed by atoms with Crippen molar-refractivity contribution in [3.05, 3.63) is 28.0 Å². The standard InChI is InChI=1S/C8H3Br2FO2/c9-4-1-3-6(2-5(4)11)13-8(10)7(3)12/h1-2,8H. The third-order valence-corrected chi connectivity index (χ3v) is 2.93. The molecule has 5 heteroatoms. The molecule has 68 valence electrons. The molecular weight excluding hydrogens is 307 g/mol. The maximum Gasteiger partial charge on any atom is 0.218 e. The average Bonchev–Trinajstić information content (AvgIpc) is 2.32. The SMILES string of the molecule is O=C1c2cc(Br)c(F)cc2OC1Br. The van der Waals surface area contributed by atoms with Crippen molar-refractivity contribution in [3.63, 3.8) is 0 Å². The Labute approximate surface area is 90.3 Å². The highest BCUT2D eigenvalue weighted by Crippen LogP contribution is 2.34. The second kappa shape index (κ2) is 3.06. The van der Waals surface area contributed by atoms with Gasteiger partial charge in [0.2, 0.25) is 10.8 Å². The second-order valence-corrected chi connectivity index (χ2v) is 4.25. The molecule has 2 rings (SSSR count). The van der Waals surface area contributed by atoms with Crippen LogP contribution in [0.1, 0.15) is 10.4 Å². The number of halogens is 3. The van der Waals surface area contributed by atoms with E-state index in [2.05, 4.69) is 31.9 Å². The molecule has 2 nitrogen and oxygen atoms in total. The zero-order chi connectivity index (χ0) is 9.59. The van der Waals surface area contributed by atoms with E-state index in [9.17, 15) is 9.18 Å². The van der Waals surface area contributed by atoms with Gasteiger partial charge < -0.3 is 4.74 Å². The first-order valence-electron chi connectivity index (χ1n) is 3.43. The monoisotopic (exact) mass is 308 g/mol. The van der Waals surface area contributed by atoms with Crippen LogP contribution in [0.4, 0.5) is 4.39 Å². The van der Waals surface area contributed by atoms with Crippen molar-refractivity contribution in [2.45, 2.75) is 5.01 Å². The number of alkyl halides is 1. The maximum atomic E-state index is 13.0. The molecule has 0 amide bonds. The van der Waals surface area contributed by atoms with E-state index in [-0.39, 0.29) is 16.0 Å². The number of Topliss-reactive ketones (excluding diaryl/α,β-unsaturated/α-hetero) is 1. The van der Waals surface area contributed by atoms with Crippen LogP contribution in [-0.4, -0.2) is 10.8 Å². The normalized spacial score (nSPS) is 19.9. The predicted octanol–water partition coefficient (Wildman–Crippen LogP) is 2.88.